The van der Waals surface area contributed by atoms with Crippen LogP contribution < -0.4 is 0 Å². The maximum absolute atomic E-state index is 13.7. The molecule has 1 amide bonds. The van der Waals surface area contributed by atoms with Gasteiger partial charge in [0.05, 0.1) is 22.1 Å². The summed E-state index contributed by atoms with van der Waals surface area (Å²) in [5.74, 6) is 0.0469. The Bertz CT molecular complexity index is 1470. The lowest BCUT2D eigenvalue weighted by molar-refractivity contribution is 0.0764. The van der Waals surface area contributed by atoms with E-state index in [1.807, 2.05) is 57.8 Å². The monoisotopic (exact) mass is 409 g/mol. The number of carbonyl (C=O) groups excluding carboxylic acids is 1. The Labute approximate surface area is 179 Å². The molecule has 0 radical (unpaired) electrons. The summed E-state index contributed by atoms with van der Waals surface area (Å²) >= 11 is 0. The second-order valence-corrected chi connectivity index (χ2v) is 8.36. The Hall–Kier alpha value is -3.51. The predicted molar refractivity (Wildman–Crippen MR) is 124 cm³/mol. The Morgan fingerprint density at radius 3 is 2.48 bits per heavy atom. The standard InChI is InChI=1S/C25H23N5O/c1-28-11-6-12-29(14-13-28)25(31)19-16-18-15-17-7-2-3-8-20(17)26-23(18)30-22-10-5-4-9-21(22)27-24(19)30/h2-5,7-10,15-16H,6,11-14H2,1H3. The third-order valence-electron chi connectivity index (χ3n) is 6.28. The van der Waals surface area contributed by atoms with Crippen molar-refractivity contribution in [3.05, 3.63) is 66.2 Å². The normalized spacial score (nSPS) is 15.8. The van der Waals surface area contributed by atoms with Crippen LogP contribution in [0.25, 0.3) is 38.6 Å². The molecule has 0 aliphatic carbocycles. The lowest BCUT2D eigenvalue weighted by Gasteiger charge is -2.21. The summed E-state index contributed by atoms with van der Waals surface area (Å²) in [6.07, 6.45) is 0.981. The fourth-order valence-electron chi connectivity index (χ4n) is 4.63. The number of pyridine rings is 2. The van der Waals surface area contributed by atoms with Crippen LogP contribution in [0.4, 0.5) is 0 Å². The zero-order chi connectivity index (χ0) is 20.9. The summed E-state index contributed by atoms with van der Waals surface area (Å²) in [6, 6.07) is 20.2. The van der Waals surface area contributed by atoms with E-state index in [2.05, 4.69) is 24.1 Å². The Morgan fingerprint density at radius 1 is 0.806 bits per heavy atom. The van der Waals surface area contributed by atoms with E-state index in [4.69, 9.17) is 9.97 Å². The van der Waals surface area contributed by atoms with Crippen LogP contribution >= 0.6 is 0 Å². The Morgan fingerprint density at radius 2 is 1.58 bits per heavy atom. The van der Waals surface area contributed by atoms with E-state index in [9.17, 15) is 4.79 Å². The number of hydrogen-bond donors (Lipinski definition) is 0. The minimum atomic E-state index is 0.0469. The third kappa shape index (κ3) is 2.94. The highest BCUT2D eigenvalue weighted by Crippen LogP contribution is 2.28. The highest BCUT2D eigenvalue weighted by Gasteiger charge is 2.24. The lowest BCUT2D eigenvalue weighted by Crippen LogP contribution is -2.34. The van der Waals surface area contributed by atoms with Gasteiger partial charge in [-0.25, -0.2) is 9.97 Å². The van der Waals surface area contributed by atoms with E-state index in [-0.39, 0.29) is 5.91 Å². The van der Waals surface area contributed by atoms with Crippen LogP contribution in [0.3, 0.4) is 0 Å². The number of benzene rings is 2. The number of likely N-dealkylation sites (N-methyl/N-ethyl adjacent to an activating group) is 1. The van der Waals surface area contributed by atoms with Gasteiger partial charge < -0.3 is 9.80 Å². The molecule has 1 saturated heterocycles. The molecule has 3 aromatic heterocycles. The number of nitrogens with zero attached hydrogens (tertiary/aromatic N) is 5. The Kier molecular flexibility index (Phi) is 4.14. The molecule has 5 aromatic rings. The van der Waals surface area contributed by atoms with Crippen molar-refractivity contribution < 1.29 is 4.79 Å². The van der Waals surface area contributed by atoms with Crippen molar-refractivity contribution in [3.8, 4) is 0 Å². The van der Waals surface area contributed by atoms with Gasteiger partial charge in [0.25, 0.3) is 5.91 Å². The molecule has 4 heterocycles. The lowest BCUT2D eigenvalue weighted by atomic mass is 10.1. The number of hydrogen-bond acceptors (Lipinski definition) is 4. The fraction of sp³-hybridized carbons (Fsp3) is 0.240. The van der Waals surface area contributed by atoms with Crippen LogP contribution in [0, 0.1) is 0 Å². The fourth-order valence-corrected chi connectivity index (χ4v) is 4.63. The molecule has 1 aliphatic heterocycles. The molecule has 6 rings (SSSR count). The van der Waals surface area contributed by atoms with Crippen molar-refractivity contribution >= 4 is 44.5 Å². The van der Waals surface area contributed by atoms with Gasteiger partial charge in [-0.3, -0.25) is 9.20 Å². The molecule has 0 spiro atoms. The maximum Gasteiger partial charge on any atom is 0.257 e. The molecule has 6 nitrogen and oxygen atoms in total. The SMILES string of the molecule is CN1CCCN(C(=O)c2cc3cc4ccccc4nc3n3c2nc2ccccc23)CC1. The van der Waals surface area contributed by atoms with Gasteiger partial charge in [-0.15, -0.1) is 0 Å². The van der Waals surface area contributed by atoms with Crippen molar-refractivity contribution in [2.24, 2.45) is 0 Å². The molecule has 0 saturated carbocycles. The van der Waals surface area contributed by atoms with E-state index < -0.39 is 0 Å². The highest BCUT2D eigenvalue weighted by atomic mass is 16.2. The largest absolute Gasteiger partial charge is 0.337 e. The van der Waals surface area contributed by atoms with E-state index >= 15 is 0 Å². The molecule has 1 fully saturated rings. The minimum absolute atomic E-state index is 0.0469. The topological polar surface area (TPSA) is 53.7 Å². The number of aromatic nitrogens is 3. The van der Waals surface area contributed by atoms with E-state index in [0.29, 0.717) is 11.2 Å². The van der Waals surface area contributed by atoms with E-state index in [1.54, 1.807) is 0 Å². The quantitative estimate of drug-likeness (QED) is 0.393. The van der Waals surface area contributed by atoms with Crippen LogP contribution in [0.2, 0.25) is 0 Å². The average Bonchev–Trinajstić information content (AvgIpc) is 3.05. The maximum atomic E-state index is 13.7. The van der Waals surface area contributed by atoms with Crippen molar-refractivity contribution in [3.63, 3.8) is 0 Å². The second-order valence-electron chi connectivity index (χ2n) is 8.36. The summed E-state index contributed by atoms with van der Waals surface area (Å²) in [7, 11) is 2.11. The van der Waals surface area contributed by atoms with Crippen LogP contribution in [-0.4, -0.2) is 63.3 Å². The van der Waals surface area contributed by atoms with Gasteiger partial charge >= 0.3 is 0 Å². The molecule has 1 aliphatic rings. The molecule has 0 atom stereocenters. The molecule has 0 N–H and O–H groups in total. The van der Waals surface area contributed by atoms with Gasteiger partial charge in [0.1, 0.15) is 5.65 Å². The smallest absolute Gasteiger partial charge is 0.257 e. The first-order valence-electron chi connectivity index (χ1n) is 10.8. The Balaban J connectivity index is 1.65. The number of fused-ring (bicyclic) bond motifs is 6. The zero-order valence-corrected chi connectivity index (χ0v) is 17.5. The van der Waals surface area contributed by atoms with Crippen LogP contribution in [0.5, 0.6) is 0 Å². The van der Waals surface area contributed by atoms with Crippen LogP contribution in [0.15, 0.2) is 60.7 Å². The first-order chi connectivity index (χ1) is 15.2. The summed E-state index contributed by atoms with van der Waals surface area (Å²) in [5.41, 5.74) is 4.92. The third-order valence-corrected chi connectivity index (χ3v) is 6.28. The molecule has 0 bridgehead atoms. The summed E-state index contributed by atoms with van der Waals surface area (Å²) in [5, 5.41) is 2.01. The van der Waals surface area contributed by atoms with E-state index in [1.165, 1.54) is 0 Å². The van der Waals surface area contributed by atoms with Gasteiger partial charge in [0, 0.05) is 30.4 Å². The molecular weight excluding hydrogens is 386 g/mol. The molecule has 2 aromatic carbocycles. The second kappa shape index (κ2) is 7.03. The number of amides is 1. The van der Waals surface area contributed by atoms with Gasteiger partial charge in [-0.1, -0.05) is 30.3 Å². The highest BCUT2D eigenvalue weighted by molar-refractivity contribution is 6.06. The summed E-state index contributed by atoms with van der Waals surface area (Å²) < 4.78 is 2.05. The first kappa shape index (κ1) is 18.3. The minimum Gasteiger partial charge on any atom is -0.337 e. The summed E-state index contributed by atoms with van der Waals surface area (Å²) in [4.78, 5) is 27.8. The van der Waals surface area contributed by atoms with Gasteiger partial charge in [0.15, 0.2) is 5.65 Å². The van der Waals surface area contributed by atoms with Crippen molar-refractivity contribution in [2.45, 2.75) is 6.42 Å². The number of carbonyl (C=O) groups is 1. The van der Waals surface area contributed by atoms with Crippen molar-refractivity contribution in [1.29, 1.82) is 0 Å². The molecular formula is C25H23N5O. The molecule has 154 valence electrons. The predicted octanol–water partition coefficient (Wildman–Crippen LogP) is 3.97. The number of para-hydroxylation sites is 3. The molecule has 6 heteroatoms. The van der Waals surface area contributed by atoms with E-state index in [0.717, 1.165) is 65.6 Å². The number of rotatable bonds is 1. The van der Waals surface area contributed by atoms with Gasteiger partial charge in [0.2, 0.25) is 0 Å². The number of imidazole rings is 1. The van der Waals surface area contributed by atoms with Crippen molar-refractivity contribution in [2.75, 3.05) is 33.2 Å². The van der Waals surface area contributed by atoms with Crippen molar-refractivity contribution in [1.82, 2.24) is 24.2 Å². The molecule has 0 unspecified atom stereocenters. The average molecular weight is 409 g/mol. The van der Waals surface area contributed by atoms with Gasteiger partial charge in [-0.05, 0) is 50.3 Å². The summed E-state index contributed by atoms with van der Waals surface area (Å²) in [6.45, 7) is 3.40. The first-order valence-corrected chi connectivity index (χ1v) is 10.8. The van der Waals surface area contributed by atoms with Crippen LogP contribution in [0.1, 0.15) is 16.8 Å². The van der Waals surface area contributed by atoms with Gasteiger partial charge in [-0.2, -0.15) is 0 Å². The zero-order valence-electron chi connectivity index (χ0n) is 17.5. The molecule has 31 heavy (non-hydrogen) atoms. The van der Waals surface area contributed by atoms with Crippen LogP contribution in [-0.2, 0) is 0 Å².